The molecule has 2 N–H and O–H groups in total. The van der Waals surface area contributed by atoms with E-state index < -0.39 is 5.82 Å². The maximum atomic E-state index is 14.2. The van der Waals surface area contributed by atoms with Gasteiger partial charge >= 0.3 is 6.09 Å². The summed E-state index contributed by atoms with van der Waals surface area (Å²) in [5, 5.41) is 11.8. The average molecular weight is 442 g/mol. The number of nitrogens with one attached hydrogen (secondary N) is 2. The van der Waals surface area contributed by atoms with Gasteiger partial charge in [0.25, 0.3) is 0 Å². The Morgan fingerprint density at radius 2 is 2.09 bits per heavy atom. The fourth-order valence-corrected chi connectivity index (χ4v) is 3.67. The highest BCUT2D eigenvalue weighted by Gasteiger charge is 2.26. The Morgan fingerprint density at radius 1 is 1.34 bits per heavy atom. The highest BCUT2D eigenvalue weighted by molar-refractivity contribution is 5.67. The third kappa shape index (κ3) is 6.37. The first kappa shape index (κ1) is 23.4. The standard InChI is InChI=1S/C23H29FN6O2/c1-16(2)14-32-23(31)30-8-6-17(7-9-30)13-29(3)22-11-21(26-15-27-22)28-20-5-4-18(12-25)10-19(20)24/h4-5,10-11,15-17H,6-9,13-14H2,1-3H3,(H,26,27,28)/p+1. The van der Waals surface area contributed by atoms with E-state index in [1.54, 1.807) is 17.0 Å². The summed E-state index contributed by atoms with van der Waals surface area (Å²) < 4.78 is 19.5. The number of anilines is 2. The smallest absolute Gasteiger partial charge is 0.409 e. The number of halogens is 1. The van der Waals surface area contributed by atoms with Gasteiger partial charge in [0.1, 0.15) is 18.0 Å². The van der Waals surface area contributed by atoms with Crippen molar-refractivity contribution >= 4 is 23.4 Å². The summed E-state index contributed by atoms with van der Waals surface area (Å²) in [6.45, 7) is 6.76. The Hall–Kier alpha value is -3.25. The number of carbonyl (C=O) groups is 1. The second kappa shape index (κ2) is 10.9. The molecular weight excluding hydrogens is 411 g/mol. The third-order valence-electron chi connectivity index (χ3n) is 5.47. The summed E-state index contributed by atoms with van der Waals surface area (Å²) in [6.07, 6.45) is 3.07. The number of hydrogen-bond donors (Lipinski definition) is 2. The number of rotatable bonds is 7. The van der Waals surface area contributed by atoms with Crippen LogP contribution < -0.4 is 10.2 Å². The van der Waals surface area contributed by atoms with Crippen LogP contribution in [0.25, 0.3) is 0 Å². The normalized spacial score (nSPS) is 15.3. The first-order valence-corrected chi connectivity index (χ1v) is 10.9. The quantitative estimate of drug-likeness (QED) is 0.686. The third-order valence-corrected chi connectivity index (χ3v) is 5.47. The zero-order valence-corrected chi connectivity index (χ0v) is 18.8. The molecule has 0 bridgehead atoms. The Labute approximate surface area is 188 Å². The Bertz CT molecular complexity index is 969. The first-order chi connectivity index (χ1) is 15.4. The van der Waals surface area contributed by atoms with Crippen LogP contribution in [0.4, 0.5) is 26.5 Å². The van der Waals surface area contributed by atoms with E-state index in [0.29, 0.717) is 37.4 Å². The molecule has 32 heavy (non-hydrogen) atoms. The molecule has 1 aliphatic rings. The molecule has 170 valence electrons. The van der Waals surface area contributed by atoms with E-state index in [9.17, 15) is 9.18 Å². The molecule has 1 aromatic carbocycles. The van der Waals surface area contributed by atoms with E-state index in [2.05, 4.69) is 15.3 Å². The van der Waals surface area contributed by atoms with Crippen molar-refractivity contribution in [3.63, 3.8) is 0 Å². The highest BCUT2D eigenvalue weighted by Crippen LogP contribution is 2.21. The first-order valence-electron chi connectivity index (χ1n) is 10.9. The van der Waals surface area contributed by atoms with Crippen LogP contribution in [0.15, 0.2) is 30.6 Å². The minimum Gasteiger partial charge on any atom is -0.449 e. The summed E-state index contributed by atoms with van der Waals surface area (Å²) in [4.78, 5) is 23.6. The van der Waals surface area contributed by atoms with Gasteiger partial charge in [0.15, 0.2) is 0 Å². The van der Waals surface area contributed by atoms with Crippen LogP contribution in [0.5, 0.6) is 0 Å². The van der Waals surface area contributed by atoms with Crippen molar-refractivity contribution in [2.45, 2.75) is 26.7 Å². The lowest BCUT2D eigenvalue weighted by Crippen LogP contribution is -3.05. The van der Waals surface area contributed by atoms with Crippen LogP contribution in [0.3, 0.4) is 0 Å². The van der Waals surface area contributed by atoms with Crippen molar-refractivity contribution in [3.8, 4) is 6.07 Å². The lowest BCUT2D eigenvalue weighted by Gasteiger charge is -2.32. The van der Waals surface area contributed by atoms with Gasteiger partial charge in [-0.2, -0.15) is 10.2 Å². The predicted molar refractivity (Wildman–Crippen MR) is 118 cm³/mol. The van der Waals surface area contributed by atoms with Crippen molar-refractivity contribution < 1.29 is 18.8 Å². The number of aromatic nitrogens is 2. The van der Waals surface area contributed by atoms with Crippen molar-refractivity contribution in [2.75, 3.05) is 38.6 Å². The van der Waals surface area contributed by atoms with Crippen molar-refractivity contribution in [3.05, 3.63) is 42.0 Å². The molecule has 0 aliphatic carbocycles. The SMILES string of the molecule is CC(C)COC(=O)N1CCC(C[NH+](C)c2cc(Nc3ccc(C#N)cc3F)ncn2)CC1. The molecule has 1 atom stereocenters. The number of nitriles is 1. The Kier molecular flexibility index (Phi) is 7.95. The molecule has 9 heteroatoms. The summed E-state index contributed by atoms with van der Waals surface area (Å²) in [5.41, 5.74) is 0.517. The number of ether oxygens (including phenoxy) is 1. The minimum atomic E-state index is -0.511. The Morgan fingerprint density at radius 3 is 2.75 bits per heavy atom. The van der Waals surface area contributed by atoms with Crippen molar-refractivity contribution in [2.24, 2.45) is 11.8 Å². The van der Waals surface area contributed by atoms with E-state index in [4.69, 9.17) is 10.00 Å². The molecule has 1 aromatic heterocycles. The van der Waals surface area contributed by atoms with Crippen LogP contribution in [-0.2, 0) is 4.74 Å². The molecule has 2 aromatic rings. The van der Waals surface area contributed by atoms with Gasteiger partial charge in [-0.3, -0.25) is 4.90 Å². The summed E-state index contributed by atoms with van der Waals surface area (Å²) in [5.74, 6) is 1.57. The molecule has 3 rings (SSSR count). The lowest BCUT2D eigenvalue weighted by atomic mass is 9.96. The van der Waals surface area contributed by atoms with E-state index >= 15 is 0 Å². The number of amides is 1. The Balaban J connectivity index is 1.54. The van der Waals surface area contributed by atoms with Crippen molar-refractivity contribution in [1.82, 2.24) is 14.9 Å². The maximum absolute atomic E-state index is 14.2. The van der Waals surface area contributed by atoms with Crippen LogP contribution in [0, 0.1) is 29.0 Å². The highest BCUT2D eigenvalue weighted by atomic mass is 19.1. The molecule has 2 heterocycles. The minimum absolute atomic E-state index is 0.223. The van der Waals surface area contributed by atoms with Gasteiger partial charge < -0.3 is 15.0 Å². The molecule has 0 radical (unpaired) electrons. The van der Waals surface area contributed by atoms with Gasteiger partial charge in [0.2, 0.25) is 5.82 Å². The zero-order valence-electron chi connectivity index (χ0n) is 18.8. The predicted octanol–water partition coefficient (Wildman–Crippen LogP) is 2.88. The number of benzene rings is 1. The fraction of sp³-hybridized carbons (Fsp3) is 0.478. The number of hydrogen-bond acceptors (Lipinski definition) is 6. The average Bonchev–Trinajstić information content (AvgIpc) is 2.79. The van der Waals surface area contributed by atoms with E-state index in [-0.39, 0.29) is 17.3 Å². The van der Waals surface area contributed by atoms with Gasteiger partial charge in [-0.05, 0) is 37.0 Å². The number of piperidine rings is 1. The van der Waals surface area contributed by atoms with Crippen LogP contribution >= 0.6 is 0 Å². The molecule has 8 nitrogen and oxygen atoms in total. The number of carbonyl (C=O) groups excluding carboxylic acids is 1. The van der Waals surface area contributed by atoms with Crippen LogP contribution in [-0.4, -0.2) is 54.2 Å². The monoisotopic (exact) mass is 441 g/mol. The van der Waals surface area contributed by atoms with Crippen molar-refractivity contribution in [1.29, 1.82) is 5.26 Å². The van der Waals surface area contributed by atoms with Gasteiger partial charge in [-0.25, -0.2) is 14.2 Å². The molecule has 1 saturated heterocycles. The second-order valence-electron chi connectivity index (χ2n) is 8.61. The zero-order chi connectivity index (χ0) is 23.1. The van der Waals surface area contributed by atoms with Gasteiger partial charge in [0.05, 0.1) is 43.6 Å². The molecule has 0 spiro atoms. The van der Waals surface area contributed by atoms with Crippen LogP contribution in [0.2, 0.25) is 0 Å². The fourth-order valence-electron chi connectivity index (χ4n) is 3.67. The van der Waals surface area contributed by atoms with Crippen LogP contribution in [0.1, 0.15) is 32.3 Å². The summed E-state index contributed by atoms with van der Waals surface area (Å²) in [6, 6.07) is 7.97. The number of likely N-dealkylation sites (tertiary alicyclic amines) is 1. The topological polar surface area (TPSA) is 95.6 Å². The van der Waals surface area contributed by atoms with Gasteiger partial charge in [-0.1, -0.05) is 13.8 Å². The van der Waals surface area contributed by atoms with E-state index in [1.807, 2.05) is 27.0 Å². The molecular formula is C23H30FN6O2+. The van der Waals surface area contributed by atoms with E-state index in [0.717, 1.165) is 30.1 Å². The molecule has 1 amide bonds. The molecule has 0 saturated carbocycles. The number of nitrogens with zero attached hydrogens (tertiary/aromatic N) is 4. The molecule has 1 fully saturated rings. The molecule has 1 unspecified atom stereocenters. The van der Waals surface area contributed by atoms with E-state index in [1.165, 1.54) is 18.5 Å². The maximum Gasteiger partial charge on any atom is 0.409 e. The van der Waals surface area contributed by atoms with Gasteiger partial charge in [0, 0.05) is 19.0 Å². The summed E-state index contributed by atoms with van der Waals surface area (Å²) in [7, 11) is 2.04. The largest absolute Gasteiger partial charge is 0.449 e. The summed E-state index contributed by atoms with van der Waals surface area (Å²) >= 11 is 0. The second-order valence-corrected chi connectivity index (χ2v) is 8.61. The van der Waals surface area contributed by atoms with Gasteiger partial charge in [-0.15, -0.1) is 0 Å². The number of quaternary nitrogens is 1. The molecule has 1 aliphatic heterocycles. The lowest BCUT2D eigenvalue weighted by molar-refractivity contribution is -0.817.